The third kappa shape index (κ3) is 6.66. The lowest BCUT2D eigenvalue weighted by Gasteiger charge is -2.16. The van der Waals surface area contributed by atoms with Gasteiger partial charge in [-0.15, -0.1) is 0 Å². The van der Waals surface area contributed by atoms with Gasteiger partial charge in [-0.25, -0.2) is 4.57 Å². The van der Waals surface area contributed by atoms with Gasteiger partial charge in [0.05, 0.1) is 0 Å². The van der Waals surface area contributed by atoms with E-state index in [4.69, 9.17) is 4.52 Å². The molecular weight excluding hydrogens is 335 g/mol. The van der Waals surface area contributed by atoms with E-state index >= 15 is 0 Å². The first-order valence-electron chi connectivity index (χ1n) is 8.93. The molecule has 0 aliphatic carbocycles. The molecule has 0 fully saturated rings. The van der Waals surface area contributed by atoms with E-state index in [1.165, 1.54) is 25.7 Å². The normalized spacial score (nSPS) is 11.5. The van der Waals surface area contributed by atoms with E-state index in [0.29, 0.717) is 11.3 Å². The number of para-hydroxylation sites is 1. The number of hydrogen-bond acceptors (Lipinski definition) is 2. The average Bonchev–Trinajstić information content (AvgIpc) is 2.58. The van der Waals surface area contributed by atoms with Gasteiger partial charge in [0.1, 0.15) is 5.75 Å². The van der Waals surface area contributed by atoms with E-state index in [2.05, 4.69) is 6.92 Å². The quantitative estimate of drug-likeness (QED) is 0.418. The van der Waals surface area contributed by atoms with E-state index in [9.17, 15) is 14.4 Å². The smallest absolute Gasteiger partial charge is 0.403 e. The minimum atomic E-state index is -4.62. The summed E-state index contributed by atoms with van der Waals surface area (Å²) >= 11 is 0. The molecule has 0 heterocycles. The van der Waals surface area contributed by atoms with E-state index in [0.717, 1.165) is 30.4 Å². The number of rotatable bonds is 10. The van der Waals surface area contributed by atoms with Crippen LogP contribution in [0.2, 0.25) is 0 Å². The Bertz CT molecular complexity index is 694. The molecule has 0 aliphatic heterocycles. The summed E-state index contributed by atoms with van der Waals surface area (Å²) in [4.78, 5) is 18.6. The molecule has 0 aliphatic rings. The predicted molar refractivity (Wildman–Crippen MR) is 102 cm³/mol. The first-order chi connectivity index (χ1) is 12.0. The highest BCUT2D eigenvalue weighted by Crippen LogP contribution is 2.44. The summed E-state index contributed by atoms with van der Waals surface area (Å²) in [5.41, 5.74) is 2.45. The molecular formula is C20H27O4P. The van der Waals surface area contributed by atoms with Crippen LogP contribution in [0.4, 0.5) is 0 Å². The third-order valence-corrected chi connectivity index (χ3v) is 4.61. The molecule has 0 aromatic heterocycles. The maximum atomic E-state index is 11.5. The van der Waals surface area contributed by atoms with Crippen LogP contribution in [0.25, 0.3) is 11.1 Å². The van der Waals surface area contributed by atoms with Crippen LogP contribution < -0.4 is 4.52 Å². The van der Waals surface area contributed by atoms with Gasteiger partial charge in [-0.2, -0.15) is 0 Å². The number of phosphoric acid groups is 1. The number of hydrogen-bond donors (Lipinski definition) is 2. The molecule has 0 saturated carbocycles. The summed E-state index contributed by atoms with van der Waals surface area (Å²) in [6, 6.07) is 15.2. The molecule has 4 nitrogen and oxygen atoms in total. The van der Waals surface area contributed by atoms with Crippen molar-refractivity contribution in [1.29, 1.82) is 0 Å². The van der Waals surface area contributed by atoms with Crippen LogP contribution in [0.15, 0.2) is 48.5 Å². The second-order valence-electron chi connectivity index (χ2n) is 6.26. The number of aryl methyl sites for hydroxylation is 1. The van der Waals surface area contributed by atoms with Crippen molar-refractivity contribution in [2.75, 3.05) is 0 Å². The van der Waals surface area contributed by atoms with E-state index in [1.807, 2.05) is 48.5 Å². The fraction of sp³-hybridized carbons (Fsp3) is 0.400. The van der Waals surface area contributed by atoms with Crippen molar-refractivity contribution < 1.29 is 18.9 Å². The highest BCUT2D eigenvalue weighted by Gasteiger charge is 2.21. The van der Waals surface area contributed by atoms with Crippen LogP contribution in [-0.2, 0) is 11.0 Å². The summed E-state index contributed by atoms with van der Waals surface area (Å²) in [7, 11) is -4.62. The second-order valence-corrected chi connectivity index (χ2v) is 7.42. The van der Waals surface area contributed by atoms with Gasteiger partial charge in [0.25, 0.3) is 0 Å². The second kappa shape index (κ2) is 9.76. The lowest BCUT2D eigenvalue weighted by atomic mass is 9.98. The standard InChI is InChI=1S/C20H27O4P/c1-2-3-4-5-6-8-14-18-15-11-16-19(17-12-9-7-10-13-17)20(18)24-25(21,22)23/h7,9-13,15-16H,2-6,8,14H2,1H3,(H2,21,22,23). The summed E-state index contributed by atoms with van der Waals surface area (Å²) in [5, 5.41) is 0. The Labute approximate surface area is 150 Å². The van der Waals surface area contributed by atoms with Gasteiger partial charge >= 0.3 is 7.82 Å². The van der Waals surface area contributed by atoms with Crippen LogP contribution in [-0.4, -0.2) is 9.79 Å². The van der Waals surface area contributed by atoms with Crippen molar-refractivity contribution in [2.24, 2.45) is 0 Å². The largest absolute Gasteiger partial charge is 0.524 e. The lowest BCUT2D eigenvalue weighted by molar-refractivity contribution is 0.282. The molecule has 2 N–H and O–H groups in total. The maximum absolute atomic E-state index is 11.5. The Morgan fingerprint density at radius 1 is 0.880 bits per heavy atom. The number of unbranched alkanes of at least 4 members (excludes halogenated alkanes) is 5. The molecule has 5 heteroatoms. The molecule has 0 radical (unpaired) electrons. The zero-order valence-electron chi connectivity index (χ0n) is 14.7. The molecule has 25 heavy (non-hydrogen) atoms. The summed E-state index contributed by atoms with van der Waals surface area (Å²) < 4.78 is 16.5. The first-order valence-corrected chi connectivity index (χ1v) is 10.5. The summed E-state index contributed by atoms with van der Waals surface area (Å²) in [5.74, 6) is 0.301. The Morgan fingerprint density at radius 2 is 1.56 bits per heavy atom. The summed E-state index contributed by atoms with van der Waals surface area (Å²) in [6.07, 6.45) is 7.77. The molecule has 0 saturated heterocycles. The highest BCUT2D eigenvalue weighted by molar-refractivity contribution is 7.46. The minimum absolute atomic E-state index is 0.301. The van der Waals surface area contributed by atoms with Crippen LogP contribution in [0.1, 0.15) is 51.0 Å². The van der Waals surface area contributed by atoms with Crippen molar-refractivity contribution in [3.05, 3.63) is 54.1 Å². The van der Waals surface area contributed by atoms with Crippen molar-refractivity contribution in [3.63, 3.8) is 0 Å². The van der Waals surface area contributed by atoms with Crippen molar-refractivity contribution in [1.82, 2.24) is 0 Å². The SMILES string of the molecule is CCCCCCCCc1cccc(-c2ccccc2)c1OP(=O)(O)O. The van der Waals surface area contributed by atoms with Gasteiger partial charge in [-0.1, -0.05) is 87.6 Å². The van der Waals surface area contributed by atoms with E-state index in [-0.39, 0.29) is 0 Å². The van der Waals surface area contributed by atoms with Gasteiger partial charge in [-0.3, -0.25) is 9.79 Å². The number of phosphoric ester groups is 1. The van der Waals surface area contributed by atoms with Gasteiger partial charge in [0.2, 0.25) is 0 Å². The first kappa shape index (κ1) is 19.7. The fourth-order valence-electron chi connectivity index (χ4n) is 2.95. The Morgan fingerprint density at radius 3 is 2.24 bits per heavy atom. The molecule has 0 spiro atoms. The molecule has 0 atom stereocenters. The fourth-order valence-corrected chi connectivity index (χ4v) is 3.40. The molecule has 0 bridgehead atoms. The van der Waals surface area contributed by atoms with Crippen LogP contribution in [0.5, 0.6) is 5.75 Å². The lowest BCUT2D eigenvalue weighted by Crippen LogP contribution is -1.98. The topological polar surface area (TPSA) is 66.8 Å². The van der Waals surface area contributed by atoms with Gasteiger partial charge < -0.3 is 4.52 Å². The Kier molecular flexibility index (Phi) is 7.70. The van der Waals surface area contributed by atoms with Crippen LogP contribution >= 0.6 is 7.82 Å². The van der Waals surface area contributed by atoms with Gasteiger partial charge in [0.15, 0.2) is 0 Å². The molecule has 0 amide bonds. The van der Waals surface area contributed by atoms with Gasteiger partial charge in [-0.05, 0) is 24.0 Å². The molecule has 2 rings (SSSR count). The predicted octanol–water partition coefficient (Wildman–Crippen LogP) is 5.73. The van der Waals surface area contributed by atoms with Crippen molar-refractivity contribution >= 4 is 7.82 Å². The van der Waals surface area contributed by atoms with E-state index < -0.39 is 7.82 Å². The number of benzene rings is 2. The van der Waals surface area contributed by atoms with Crippen LogP contribution in [0.3, 0.4) is 0 Å². The Hall–Kier alpha value is -1.61. The van der Waals surface area contributed by atoms with Gasteiger partial charge in [0, 0.05) is 5.56 Å². The monoisotopic (exact) mass is 362 g/mol. The van der Waals surface area contributed by atoms with Crippen molar-refractivity contribution in [3.8, 4) is 16.9 Å². The van der Waals surface area contributed by atoms with E-state index in [1.54, 1.807) is 0 Å². The maximum Gasteiger partial charge on any atom is 0.524 e. The molecule has 2 aromatic rings. The molecule has 136 valence electrons. The molecule has 2 aromatic carbocycles. The summed E-state index contributed by atoms with van der Waals surface area (Å²) in [6.45, 7) is 2.20. The highest BCUT2D eigenvalue weighted by atomic mass is 31.2. The van der Waals surface area contributed by atoms with Crippen molar-refractivity contribution in [2.45, 2.75) is 51.9 Å². The zero-order valence-corrected chi connectivity index (χ0v) is 15.6. The third-order valence-electron chi connectivity index (χ3n) is 4.19. The Balaban J connectivity index is 2.19. The average molecular weight is 362 g/mol. The van der Waals surface area contributed by atoms with Crippen LogP contribution in [0, 0.1) is 0 Å². The zero-order chi connectivity index (χ0) is 18.1. The minimum Gasteiger partial charge on any atom is -0.403 e. The molecule has 0 unspecified atom stereocenters.